The van der Waals surface area contributed by atoms with E-state index in [4.69, 9.17) is 0 Å². The van der Waals surface area contributed by atoms with Crippen molar-refractivity contribution in [2.45, 2.75) is 39.0 Å². The molecule has 3 rings (SSSR count). The number of hydrogen-bond donors (Lipinski definition) is 1. The lowest BCUT2D eigenvalue weighted by Crippen LogP contribution is -2.30. The quantitative estimate of drug-likeness (QED) is 0.947. The van der Waals surface area contributed by atoms with E-state index in [0.29, 0.717) is 18.0 Å². The fourth-order valence-corrected chi connectivity index (χ4v) is 3.47. The van der Waals surface area contributed by atoms with Crippen LogP contribution in [0.4, 0.5) is 0 Å². The Morgan fingerprint density at radius 2 is 2.14 bits per heavy atom. The second-order valence-electron chi connectivity index (χ2n) is 6.17. The zero-order valence-corrected chi connectivity index (χ0v) is 13.5. The maximum Gasteiger partial charge on any atom is 0.255 e. The highest BCUT2D eigenvalue weighted by Crippen LogP contribution is 2.30. The molecule has 116 valence electrons. The van der Waals surface area contributed by atoms with Crippen LogP contribution in [-0.4, -0.2) is 22.2 Å². The molecule has 1 unspecified atom stereocenters. The zero-order chi connectivity index (χ0) is 15.7. The molecule has 0 aliphatic heterocycles. The molecule has 0 bridgehead atoms. The van der Waals surface area contributed by atoms with Crippen LogP contribution in [0.1, 0.15) is 51.6 Å². The first-order valence-electron chi connectivity index (χ1n) is 7.94. The van der Waals surface area contributed by atoms with Crippen LogP contribution in [0.25, 0.3) is 0 Å². The highest BCUT2D eigenvalue weighted by Gasteiger charge is 2.22. The number of nitrogens with one attached hydrogen (secondary N) is 1. The third-order valence-electron chi connectivity index (χ3n) is 4.74. The average molecular weight is 297 g/mol. The minimum atomic E-state index is -0.00819. The Labute approximate surface area is 131 Å². The Bertz CT molecular complexity index is 702. The number of aryl methyl sites for hydroxylation is 3. The Morgan fingerprint density at radius 3 is 2.86 bits per heavy atom. The smallest absolute Gasteiger partial charge is 0.255 e. The van der Waals surface area contributed by atoms with Gasteiger partial charge in [0.1, 0.15) is 0 Å². The molecule has 1 aromatic carbocycles. The summed E-state index contributed by atoms with van der Waals surface area (Å²) in [6.45, 7) is 4.52. The highest BCUT2D eigenvalue weighted by molar-refractivity contribution is 5.96. The number of rotatable bonds is 3. The van der Waals surface area contributed by atoms with E-state index in [1.807, 2.05) is 20.9 Å². The summed E-state index contributed by atoms with van der Waals surface area (Å²) in [7, 11) is 1.87. The first-order chi connectivity index (χ1) is 10.6. The van der Waals surface area contributed by atoms with Gasteiger partial charge in [0.15, 0.2) is 0 Å². The Balaban J connectivity index is 1.72. The van der Waals surface area contributed by atoms with E-state index in [9.17, 15) is 4.79 Å². The molecule has 0 saturated carbocycles. The van der Waals surface area contributed by atoms with E-state index in [2.05, 4.69) is 34.7 Å². The van der Waals surface area contributed by atoms with Gasteiger partial charge in [-0.25, -0.2) is 0 Å². The van der Waals surface area contributed by atoms with E-state index >= 15 is 0 Å². The molecule has 1 aliphatic carbocycles. The van der Waals surface area contributed by atoms with Crippen LogP contribution in [0.5, 0.6) is 0 Å². The summed E-state index contributed by atoms with van der Waals surface area (Å²) in [5.41, 5.74) is 5.25. The number of fused-ring (bicyclic) bond motifs is 1. The molecule has 1 aromatic heterocycles. The largest absolute Gasteiger partial charge is 0.351 e. The van der Waals surface area contributed by atoms with E-state index < -0.39 is 0 Å². The SMILES string of the molecule is Cc1nn(C)c(C)c1C(=O)NCC1CCCc2ccccc21. The van der Waals surface area contributed by atoms with Crippen LogP contribution < -0.4 is 5.32 Å². The lowest BCUT2D eigenvalue weighted by Gasteiger charge is -2.25. The molecule has 1 aliphatic rings. The maximum atomic E-state index is 12.5. The van der Waals surface area contributed by atoms with Crippen LogP contribution in [-0.2, 0) is 13.5 Å². The number of carbonyl (C=O) groups excluding carboxylic acids is 1. The molecule has 0 saturated heterocycles. The predicted molar refractivity (Wildman–Crippen MR) is 87.1 cm³/mol. The topological polar surface area (TPSA) is 46.9 Å². The number of benzene rings is 1. The number of carbonyl (C=O) groups is 1. The second-order valence-corrected chi connectivity index (χ2v) is 6.17. The molecule has 1 amide bonds. The second kappa shape index (κ2) is 5.95. The van der Waals surface area contributed by atoms with E-state index in [1.54, 1.807) is 4.68 Å². The van der Waals surface area contributed by atoms with Crippen LogP contribution in [0, 0.1) is 13.8 Å². The van der Waals surface area contributed by atoms with Gasteiger partial charge >= 0.3 is 0 Å². The summed E-state index contributed by atoms with van der Waals surface area (Å²) in [5, 5.41) is 7.43. The standard InChI is InChI=1S/C18H23N3O/c1-12-17(13(2)21(3)20-12)18(22)19-11-15-9-6-8-14-7-4-5-10-16(14)15/h4-5,7,10,15H,6,8-9,11H2,1-3H3,(H,19,22). The first-order valence-corrected chi connectivity index (χ1v) is 7.94. The van der Waals surface area contributed by atoms with Crippen LogP contribution in [0.2, 0.25) is 0 Å². The molecular weight excluding hydrogens is 274 g/mol. The molecular formula is C18H23N3O. The average Bonchev–Trinajstić information content (AvgIpc) is 2.77. The van der Waals surface area contributed by atoms with E-state index in [0.717, 1.165) is 24.2 Å². The molecule has 22 heavy (non-hydrogen) atoms. The van der Waals surface area contributed by atoms with Crippen LogP contribution in [0.15, 0.2) is 24.3 Å². The summed E-state index contributed by atoms with van der Waals surface area (Å²) < 4.78 is 1.76. The van der Waals surface area contributed by atoms with Gasteiger partial charge < -0.3 is 5.32 Å². The molecule has 4 nitrogen and oxygen atoms in total. The highest BCUT2D eigenvalue weighted by atomic mass is 16.1. The molecule has 1 heterocycles. The fraction of sp³-hybridized carbons (Fsp3) is 0.444. The minimum Gasteiger partial charge on any atom is -0.351 e. The summed E-state index contributed by atoms with van der Waals surface area (Å²) in [5.74, 6) is 0.414. The molecule has 0 spiro atoms. The predicted octanol–water partition coefficient (Wildman–Crippen LogP) is 2.89. The van der Waals surface area contributed by atoms with Crippen molar-refractivity contribution in [3.8, 4) is 0 Å². The van der Waals surface area contributed by atoms with Gasteiger partial charge in [0.25, 0.3) is 5.91 Å². The Hall–Kier alpha value is -2.10. The number of hydrogen-bond acceptors (Lipinski definition) is 2. The minimum absolute atomic E-state index is 0.00819. The lowest BCUT2D eigenvalue weighted by molar-refractivity contribution is 0.0949. The Kier molecular flexibility index (Phi) is 4.01. The monoisotopic (exact) mass is 297 g/mol. The van der Waals surface area contributed by atoms with Crippen molar-refractivity contribution in [2.75, 3.05) is 6.54 Å². The summed E-state index contributed by atoms with van der Waals surface area (Å²) in [4.78, 5) is 12.5. The molecule has 0 radical (unpaired) electrons. The van der Waals surface area contributed by atoms with Crippen molar-refractivity contribution in [3.05, 3.63) is 52.3 Å². The van der Waals surface area contributed by atoms with Crippen molar-refractivity contribution in [1.29, 1.82) is 0 Å². The lowest BCUT2D eigenvalue weighted by atomic mass is 9.83. The van der Waals surface area contributed by atoms with Gasteiger partial charge in [-0.1, -0.05) is 24.3 Å². The molecule has 1 atom stereocenters. The number of aromatic nitrogens is 2. The van der Waals surface area contributed by atoms with Crippen molar-refractivity contribution >= 4 is 5.91 Å². The van der Waals surface area contributed by atoms with Crippen molar-refractivity contribution < 1.29 is 4.79 Å². The summed E-state index contributed by atoms with van der Waals surface area (Å²) >= 11 is 0. The van der Waals surface area contributed by atoms with Crippen LogP contribution >= 0.6 is 0 Å². The van der Waals surface area contributed by atoms with Gasteiger partial charge in [-0.15, -0.1) is 0 Å². The van der Waals surface area contributed by atoms with Gasteiger partial charge in [-0.2, -0.15) is 5.10 Å². The normalized spacial score (nSPS) is 17.1. The van der Waals surface area contributed by atoms with E-state index in [-0.39, 0.29) is 5.91 Å². The van der Waals surface area contributed by atoms with E-state index in [1.165, 1.54) is 17.5 Å². The maximum absolute atomic E-state index is 12.5. The summed E-state index contributed by atoms with van der Waals surface area (Å²) in [6.07, 6.45) is 3.49. The van der Waals surface area contributed by atoms with Crippen molar-refractivity contribution in [2.24, 2.45) is 7.05 Å². The van der Waals surface area contributed by atoms with Gasteiger partial charge in [0, 0.05) is 25.2 Å². The van der Waals surface area contributed by atoms with Gasteiger partial charge in [-0.05, 0) is 44.2 Å². The molecule has 1 N–H and O–H groups in total. The molecule has 4 heteroatoms. The number of amides is 1. The number of nitrogens with zero attached hydrogens (tertiary/aromatic N) is 2. The summed E-state index contributed by atoms with van der Waals surface area (Å²) in [6, 6.07) is 8.60. The third-order valence-corrected chi connectivity index (χ3v) is 4.74. The zero-order valence-electron chi connectivity index (χ0n) is 13.5. The molecule has 2 aromatic rings. The Morgan fingerprint density at radius 1 is 1.36 bits per heavy atom. The molecule has 0 fully saturated rings. The van der Waals surface area contributed by atoms with Gasteiger partial charge in [0.05, 0.1) is 11.3 Å². The first kappa shape index (κ1) is 14.8. The fourth-order valence-electron chi connectivity index (χ4n) is 3.47. The van der Waals surface area contributed by atoms with Crippen molar-refractivity contribution in [1.82, 2.24) is 15.1 Å². The van der Waals surface area contributed by atoms with Gasteiger partial charge in [-0.3, -0.25) is 9.48 Å². The van der Waals surface area contributed by atoms with Crippen molar-refractivity contribution in [3.63, 3.8) is 0 Å². The van der Waals surface area contributed by atoms with Gasteiger partial charge in [0.2, 0.25) is 0 Å². The van der Waals surface area contributed by atoms with Crippen LogP contribution in [0.3, 0.4) is 0 Å². The third kappa shape index (κ3) is 2.65.